The maximum absolute atomic E-state index is 11.9. The Morgan fingerprint density at radius 2 is 2.37 bits per heavy atom. The topological polar surface area (TPSA) is 70.6 Å². The quantitative estimate of drug-likeness (QED) is 0.733. The van der Waals surface area contributed by atoms with Gasteiger partial charge in [-0.25, -0.2) is 0 Å². The number of β-amino-alcohol motifs (C(OH)–C–C–N with tert-alkyl or cyclic N) is 1. The molecule has 0 saturated carbocycles. The molecular weight excluding hydrogens is 244 g/mol. The summed E-state index contributed by atoms with van der Waals surface area (Å²) in [5, 5.41) is 15.2. The van der Waals surface area contributed by atoms with Crippen molar-refractivity contribution in [3.05, 3.63) is 29.3 Å². The molecule has 104 valence electrons. The molecule has 1 aliphatic heterocycles. The number of aliphatic hydroxyl groups is 1. The van der Waals surface area contributed by atoms with Crippen molar-refractivity contribution in [3.8, 4) is 5.75 Å². The Morgan fingerprint density at radius 1 is 1.58 bits per heavy atom. The van der Waals surface area contributed by atoms with Gasteiger partial charge >= 0.3 is 0 Å². The lowest BCUT2D eigenvalue weighted by atomic mass is 10.1. The fourth-order valence-electron chi connectivity index (χ4n) is 2.20. The van der Waals surface area contributed by atoms with Gasteiger partial charge in [0.1, 0.15) is 5.75 Å². The first-order valence-corrected chi connectivity index (χ1v) is 6.43. The normalized spacial score (nSPS) is 22.3. The Balaban J connectivity index is 1.90. The lowest BCUT2D eigenvalue weighted by molar-refractivity contribution is -0.123. The van der Waals surface area contributed by atoms with Gasteiger partial charge in [-0.3, -0.25) is 4.79 Å². The molecule has 1 amide bonds. The predicted octanol–water partition coefficient (Wildman–Crippen LogP) is 0.343. The molecule has 3 N–H and O–H groups in total. The number of aliphatic hydroxyl groups excluding tert-OH is 1. The zero-order chi connectivity index (χ0) is 13.8. The van der Waals surface area contributed by atoms with E-state index in [4.69, 9.17) is 4.74 Å². The molecule has 19 heavy (non-hydrogen) atoms. The zero-order valence-electron chi connectivity index (χ0n) is 11.3. The largest absolute Gasteiger partial charge is 0.496 e. The first-order valence-electron chi connectivity index (χ1n) is 6.43. The summed E-state index contributed by atoms with van der Waals surface area (Å²) >= 11 is 0. The number of amides is 1. The van der Waals surface area contributed by atoms with E-state index in [1.54, 1.807) is 7.11 Å². The lowest BCUT2D eigenvalue weighted by Gasteiger charge is -2.12. The number of nitrogens with one attached hydrogen (secondary N) is 2. The van der Waals surface area contributed by atoms with Crippen LogP contribution in [0.5, 0.6) is 5.75 Å². The molecule has 0 bridgehead atoms. The molecule has 1 heterocycles. The summed E-state index contributed by atoms with van der Waals surface area (Å²) in [5.41, 5.74) is 2.06. The van der Waals surface area contributed by atoms with Crippen molar-refractivity contribution >= 4 is 5.91 Å². The van der Waals surface area contributed by atoms with Gasteiger partial charge in [-0.05, 0) is 30.5 Å². The van der Waals surface area contributed by atoms with Crippen molar-refractivity contribution < 1.29 is 14.6 Å². The van der Waals surface area contributed by atoms with E-state index < -0.39 is 6.10 Å². The predicted molar refractivity (Wildman–Crippen MR) is 72.0 cm³/mol. The third kappa shape index (κ3) is 3.45. The number of carbonyl (C=O) groups is 1. The van der Waals surface area contributed by atoms with E-state index in [-0.39, 0.29) is 11.9 Å². The molecule has 5 nitrogen and oxygen atoms in total. The van der Waals surface area contributed by atoms with E-state index in [1.165, 1.54) is 0 Å². The first kappa shape index (κ1) is 13.8. The average molecular weight is 264 g/mol. The van der Waals surface area contributed by atoms with Crippen LogP contribution < -0.4 is 15.4 Å². The van der Waals surface area contributed by atoms with Gasteiger partial charge in [0.25, 0.3) is 0 Å². The van der Waals surface area contributed by atoms with Crippen LogP contribution in [0.1, 0.15) is 17.5 Å². The van der Waals surface area contributed by atoms with Crippen LogP contribution in [0.3, 0.4) is 0 Å². The molecule has 1 aromatic rings. The van der Waals surface area contributed by atoms with Crippen molar-refractivity contribution in [1.82, 2.24) is 10.6 Å². The first-order chi connectivity index (χ1) is 9.10. The molecule has 1 saturated heterocycles. The molecule has 2 atom stereocenters. The SMILES string of the molecule is COc1cc(CNC(=O)[C@H]2C[C@@H](O)CN2)ccc1C. The molecule has 2 rings (SSSR count). The summed E-state index contributed by atoms with van der Waals surface area (Å²) < 4.78 is 5.25. The highest BCUT2D eigenvalue weighted by molar-refractivity contribution is 5.82. The van der Waals surface area contributed by atoms with Crippen LogP contribution in [0.2, 0.25) is 0 Å². The van der Waals surface area contributed by atoms with Crippen molar-refractivity contribution in [2.24, 2.45) is 0 Å². The van der Waals surface area contributed by atoms with Gasteiger partial charge in [0.2, 0.25) is 5.91 Å². The fraction of sp³-hybridized carbons (Fsp3) is 0.500. The molecule has 0 aliphatic carbocycles. The highest BCUT2D eigenvalue weighted by Crippen LogP contribution is 2.18. The Labute approximate surface area is 113 Å². The minimum atomic E-state index is -0.421. The summed E-state index contributed by atoms with van der Waals surface area (Å²) in [6.07, 6.45) is 0.0542. The van der Waals surface area contributed by atoms with Crippen molar-refractivity contribution in [1.29, 1.82) is 0 Å². The van der Waals surface area contributed by atoms with Crippen LogP contribution in [0.4, 0.5) is 0 Å². The number of rotatable bonds is 4. The molecule has 0 radical (unpaired) electrons. The number of methoxy groups -OCH3 is 1. The van der Waals surface area contributed by atoms with Crippen LogP contribution in [0, 0.1) is 6.92 Å². The maximum Gasteiger partial charge on any atom is 0.237 e. The van der Waals surface area contributed by atoms with E-state index in [1.807, 2.05) is 25.1 Å². The Kier molecular flexibility index (Phi) is 4.39. The third-order valence-electron chi connectivity index (χ3n) is 3.36. The Hall–Kier alpha value is -1.59. The van der Waals surface area contributed by atoms with Crippen LogP contribution >= 0.6 is 0 Å². The van der Waals surface area contributed by atoms with E-state index in [0.29, 0.717) is 19.5 Å². The number of ether oxygens (including phenoxy) is 1. The summed E-state index contributed by atoms with van der Waals surface area (Å²) in [5.74, 6) is 0.747. The number of benzene rings is 1. The molecule has 1 aromatic carbocycles. The van der Waals surface area contributed by atoms with E-state index >= 15 is 0 Å². The lowest BCUT2D eigenvalue weighted by Crippen LogP contribution is -2.40. The van der Waals surface area contributed by atoms with Crippen LogP contribution in [0.15, 0.2) is 18.2 Å². The van der Waals surface area contributed by atoms with E-state index in [2.05, 4.69) is 10.6 Å². The summed E-state index contributed by atoms with van der Waals surface area (Å²) in [4.78, 5) is 11.9. The second-order valence-electron chi connectivity index (χ2n) is 4.87. The highest BCUT2D eigenvalue weighted by atomic mass is 16.5. The number of aryl methyl sites for hydroxylation is 1. The Bertz CT molecular complexity index is 462. The second-order valence-corrected chi connectivity index (χ2v) is 4.87. The van der Waals surface area contributed by atoms with E-state index in [0.717, 1.165) is 16.9 Å². The summed E-state index contributed by atoms with van der Waals surface area (Å²) in [7, 11) is 1.63. The van der Waals surface area contributed by atoms with Crippen LogP contribution in [-0.4, -0.2) is 36.8 Å². The average Bonchev–Trinajstić information content (AvgIpc) is 2.84. The summed E-state index contributed by atoms with van der Waals surface area (Å²) in [6, 6.07) is 5.57. The zero-order valence-corrected chi connectivity index (χ0v) is 11.3. The number of hydrogen-bond acceptors (Lipinski definition) is 4. The van der Waals surface area contributed by atoms with Crippen LogP contribution in [-0.2, 0) is 11.3 Å². The van der Waals surface area contributed by atoms with Gasteiger partial charge < -0.3 is 20.5 Å². The molecule has 1 fully saturated rings. The van der Waals surface area contributed by atoms with Gasteiger partial charge in [0.15, 0.2) is 0 Å². The molecule has 0 spiro atoms. The van der Waals surface area contributed by atoms with Crippen molar-refractivity contribution in [3.63, 3.8) is 0 Å². The number of carbonyl (C=O) groups excluding carboxylic acids is 1. The second kappa shape index (κ2) is 6.04. The monoisotopic (exact) mass is 264 g/mol. The number of hydrogen-bond donors (Lipinski definition) is 3. The maximum atomic E-state index is 11.9. The van der Waals surface area contributed by atoms with Gasteiger partial charge in [-0.2, -0.15) is 0 Å². The smallest absolute Gasteiger partial charge is 0.237 e. The van der Waals surface area contributed by atoms with Crippen molar-refractivity contribution in [2.75, 3.05) is 13.7 Å². The van der Waals surface area contributed by atoms with Crippen molar-refractivity contribution in [2.45, 2.75) is 32.0 Å². The highest BCUT2D eigenvalue weighted by Gasteiger charge is 2.27. The van der Waals surface area contributed by atoms with Gasteiger partial charge in [-0.15, -0.1) is 0 Å². The molecule has 0 unspecified atom stereocenters. The standard InChI is InChI=1S/C14H20N2O3/c1-9-3-4-10(5-13(9)19-2)7-16-14(18)12-6-11(17)8-15-12/h3-5,11-12,15,17H,6-8H2,1-2H3,(H,16,18)/t11-,12-/m1/s1. The minimum absolute atomic E-state index is 0.0731. The molecule has 5 heteroatoms. The minimum Gasteiger partial charge on any atom is -0.496 e. The van der Waals surface area contributed by atoms with Gasteiger partial charge in [-0.1, -0.05) is 12.1 Å². The van der Waals surface area contributed by atoms with Crippen LogP contribution in [0.25, 0.3) is 0 Å². The molecule has 0 aromatic heterocycles. The van der Waals surface area contributed by atoms with E-state index in [9.17, 15) is 9.90 Å². The summed E-state index contributed by atoms with van der Waals surface area (Å²) in [6.45, 7) is 2.92. The molecular formula is C14H20N2O3. The fourth-order valence-corrected chi connectivity index (χ4v) is 2.20. The molecule has 1 aliphatic rings. The Morgan fingerprint density at radius 3 is 3.00 bits per heavy atom. The van der Waals surface area contributed by atoms with Gasteiger partial charge in [0.05, 0.1) is 19.3 Å². The van der Waals surface area contributed by atoms with Gasteiger partial charge in [0, 0.05) is 13.1 Å². The third-order valence-corrected chi connectivity index (χ3v) is 3.36.